The lowest BCUT2D eigenvalue weighted by atomic mass is 10.2. The van der Waals surface area contributed by atoms with Gasteiger partial charge in [0.05, 0.1) is 33.0 Å². The van der Waals surface area contributed by atoms with Crippen molar-refractivity contribution in [1.82, 2.24) is 10.2 Å². The Bertz CT molecular complexity index is 206. The lowest BCUT2D eigenvalue weighted by Gasteiger charge is -2.21. The molecule has 0 saturated heterocycles. The van der Waals surface area contributed by atoms with Crippen molar-refractivity contribution in [3.05, 3.63) is 0 Å². The summed E-state index contributed by atoms with van der Waals surface area (Å²) < 4.78 is 16.4. The van der Waals surface area contributed by atoms with Gasteiger partial charge in [0.15, 0.2) is 0 Å². The average Bonchev–Trinajstić information content (AvgIpc) is 2.45. The highest BCUT2D eigenvalue weighted by atomic mass is 16.5. The summed E-state index contributed by atoms with van der Waals surface area (Å²) in [5.41, 5.74) is 0. The molecule has 0 spiro atoms. The molecular formula is C16H36N2O3. The number of ether oxygens (including phenoxy) is 3. The predicted molar refractivity (Wildman–Crippen MR) is 88.0 cm³/mol. The standard InChI is InChI=1S/C16H36N2O3/c1-5-6-8-19-10-12-21-13-11-20-9-7-18(4)15-16(2)14-17-3/h16-17H,5-15H2,1-4H3. The highest BCUT2D eigenvalue weighted by Crippen LogP contribution is 1.96. The molecule has 1 N–H and O–H groups in total. The van der Waals surface area contributed by atoms with Crippen LogP contribution in [-0.2, 0) is 14.2 Å². The Morgan fingerprint density at radius 2 is 1.52 bits per heavy atom. The van der Waals surface area contributed by atoms with Crippen LogP contribution in [0.25, 0.3) is 0 Å². The van der Waals surface area contributed by atoms with E-state index in [1.54, 1.807) is 0 Å². The summed E-state index contributed by atoms with van der Waals surface area (Å²) in [6, 6.07) is 0. The predicted octanol–water partition coefficient (Wildman–Crippen LogP) is 1.62. The van der Waals surface area contributed by atoms with E-state index < -0.39 is 0 Å². The highest BCUT2D eigenvalue weighted by molar-refractivity contribution is 4.60. The molecule has 0 rings (SSSR count). The maximum absolute atomic E-state index is 5.57. The molecule has 0 aromatic heterocycles. The normalized spacial score (nSPS) is 13.0. The second-order valence-electron chi connectivity index (χ2n) is 5.62. The van der Waals surface area contributed by atoms with Crippen LogP contribution in [0, 0.1) is 5.92 Å². The van der Waals surface area contributed by atoms with Gasteiger partial charge in [-0.05, 0) is 33.0 Å². The van der Waals surface area contributed by atoms with Crippen LogP contribution < -0.4 is 5.32 Å². The molecule has 21 heavy (non-hydrogen) atoms. The number of rotatable bonds is 16. The summed E-state index contributed by atoms with van der Waals surface area (Å²) in [6.07, 6.45) is 2.31. The molecule has 5 heteroatoms. The summed E-state index contributed by atoms with van der Waals surface area (Å²) in [7, 11) is 4.13. The highest BCUT2D eigenvalue weighted by Gasteiger charge is 2.04. The Balaban J connectivity index is 3.17. The summed E-state index contributed by atoms with van der Waals surface area (Å²) in [5, 5.41) is 3.20. The minimum atomic E-state index is 0.650. The van der Waals surface area contributed by atoms with Crippen LogP contribution in [0.2, 0.25) is 0 Å². The van der Waals surface area contributed by atoms with Crippen LogP contribution in [0.5, 0.6) is 0 Å². The zero-order valence-electron chi connectivity index (χ0n) is 14.5. The Morgan fingerprint density at radius 3 is 2.10 bits per heavy atom. The van der Waals surface area contributed by atoms with E-state index in [9.17, 15) is 0 Å². The largest absolute Gasteiger partial charge is 0.379 e. The molecule has 0 radical (unpaired) electrons. The van der Waals surface area contributed by atoms with E-state index in [1.165, 1.54) is 6.42 Å². The molecule has 128 valence electrons. The van der Waals surface area contributed by atoms with Crippen LogP contribution in [0.15, 0.2) is 0 Å². The first kappa shape index (κ1) is 20.8. The van der Waals surface area contributed by atoms with Gasteiger partial charge in [0, 0.05) is 19.7 Å². The second kappa shape index (κ2) is 16.2. The van der Waals surface area contributed by atoms with Gasteiger partial charge in [0.2, 0.25) is 0 Å². The number of likely N-dealkylation sites (N-methyl/N-ethyl adjacent to an activating group) is 1. The summed E-state index contributed by atoms with van der Waals surface area (Å²) >= 11 is 0. The van der Waals surface area contributed by atoms with Crippen molar-refractivity contribution < 1.29 is 14.2 Å². The number of nitrogens with zero attached hydrogens (tertiary/aromatic N) is 1. The van der Waals surface area contributed by atoms with Gasteiger partial charge in [-0.25, -0.2) is 0 Å². The van der Waals surface area contributed by atoms with Crippen molar-refractivity contribution in [3.63, 3.8) is 0 Å². The van der Waals surface area contributed by atoms with Gasteiger partial charge < -0.3 is 24.4 Å². The molecule has 0 aromatic carbocycles. The molecule has 1 unspecified atom stereocenters. The maximum Gasteiger partial charge on any atom is 0.0701 e. The minimum Gasteiger partial charge on any atom is -0.379 e. The fraction of sp³-hybridized carbons (Fsp3) is 1.00. The van der Waals surface area contributed by atoms with Gasteiger partial charge in [-0.1, -0.05) is 20.3 Å². The van der Waals surface area contributed by atoms with Gasteiger partial charge in [0.1, 0.15) is 0 Å². The molecule has 0 amide bonds. The van der Waals surface area contributed by atoms with E-state index in [1.807, 2.05) is 7.05 Å². The Kier molecular flexibility index (Phi) is 16.0. The lowest BCUT2D eigenvalue weighted by Crippen LogP contribution is -2.32. The van der Waals surface area contributed by atoms with Crippen molar-refractivity contribution in [3.8, 4) is 0 Å². The van der Waals surface area contributed by atoms with Gasteiger partial charge in [-0.3, -0.25) is 0 Å². The van der Waals surface area contributed by atoms with Crippen molar-refractivity contribution in [1.29, 1.82) is 0 Å². The molecule has 1 atom stereocenters. The molecule has 0 aliphatic rings. The van der Waals surface area contributed by atoms with E-state index in [0.29, 0.717) is 32.3 Å². The zero-order valence-corrected chi connectivity index (χ0v) is 14.5. The van der Waals surface area contributed by atoms with E-state index in [-0.39, 0.29) is 0 Å². The first-order chi connectivity index (χ1) is 10.2. The molecule has 0 fully saturated rings. The summed E-state index contributed by atoms with van der Waals surface area (Å²) in [5.74, 6) is 0.663. The van der Waals surface area contributed by atoms with Crippen LogP contribution in [0.3, 0.4) is 0 Å². The number of nitrogens with one attached hydrogen (secondary N) is 1. The molecule has 0 saturated carbocycles. The lowest BCUT2D eigenvalue weighted by molar-refractivity contribution is 0.0108. The minimum absolute atomic E-state index is 0.650. The first-order valence-electron chi connectivity index (χ1n) is 8.27. The molecule has 0 aromatic rings. The van der Waals surface area contributed by atoms with Crippen LogP contribution in [0.1, 0.15) is 26.7 Å². The molecule has 0 heterocycles. The first-order valence-corrected chi connectivity index (χ1v) is 8.27. The molecule has 5 nitrogen and oxygen atoms in total. The van der Waals surface area contributed by atoms with E-state index in [4.69, 9.17) is 14.2 Å². The Morgan fingerprint density at radius 1 is 0.952 bits per heavy atom. The van der Waals surface area contributed by atoms with Crippen LogP contribution in [-0.4, -0.2) is 78.3 Å². The average molecular weight is 304 g/mol. The fourth-order valence-corrected chi connectivity index (χ4v) is 2.05. The Labute approximate surface area is 131 Å². The van der Waals surface area contributed by atoms with Crippen molar-refractivity contribution in [2.45, 2.75) is 26.7 Å². The molecule has 0 bridgehead atoms. The zero-order chi connectivity index (χ0) is 15.8. The number of unbranched alkanes of at least 4 members (excludes halogenated alkanes) is 1. The molecule has 0 aliphatic heterocycles. The third kappa shape index (κ3) is 16.0. The van der Waals surface area contributed by atoms with E-state index in [2.05, 4.69) is 31.1 Å². The van der Waals surface area contributed by atoms with Gasteiger partial charge in [0.25, 0.3) is 0 Å². The molecular weight excluding hydrogens is 268 g/mol. The maximum atomic E-state index is 5.57. The molecule has 0 aliphatic carbocycles. The second-order valence-corrected chi connectivity index (χ2v) is 5.62. The van der Waals surface area contributed by atoms with Crippen molar-refractivity contribution in [2.24, 2.45) is 5.92 Å². The third-order valence-electron chi connectivity index (χ3n) is 3.18. The van der Waals surface area contributed by atoms with Crippen molar-refractivity contribution >= 4 is 0 Å². The van der Waals surface area contributed by atoms with Gasteiger partial charge in [-0.15, -0.1) is 0 Å². The summed E-state index contributed by atoms with van der Waals surface area (Å²) in [6.45, 7) is 11.8. The van der Waals surface area contributed by atoms with Gasteiger partial charge in [-0.2, -0.15) is 0 Å². The number of hydrogen-bond acceptors (Lipinski definition) is 5. The van der Waals surface area contributed by atoms with Crippen LogP contribution in [0.4, 0.5) is 0 Å². The number of hydrogen-bond donors (Lipinski definition) is 1. The topological polar surface area (TPSA) is 43.0 Å². The summed E-state index contributed by atoms with van der Waals surface area (Å²) in [4.78, 5) is 2.31. The SMILES string of the molecule is CCCCOCCOCCOCCN(C)CC(C)CNC. The van der Waals surface area contributed by atoms with Crippen molar-refractivity contribution in [2.75, 3.05) is 73.4 Å². The Hall–Kier alpha value is -0.200. The third-order valence-corrected chi connectivity index (χ3v) is 3.18. The van der Waals surface area contributed by atoms with E-state index >= 15 is 0 Å². The van der Waals surface area contributed by atoms with Crippen LogP contribution >= 0.6 is 0 Å². The van der Waals surface area contributed by atoms with Gasteiger partial charge >= 0.3 is 0 Å². The quantitative estimate of drug-likeness (QED) is 0.439. The monoisotopic (exact) mass is 304 g/mol. The van der Waals surface area contributed by atoms with E-state index in [0.717, 1.165) is 39.3 Å². The smallest absolute Gasteiger partial charge is 0.0701 e. The fourth-order valence-electron chi connectivity index (χ4n) is 2.05.